The molecule has 0 atom stereocenters. The highest BCUT2D eigenvalue weighted by Gasteiger charge is 2.55. The number of hydrogen-bond donors (Lipinski definition) is 0. The van der Waals surface area contributed by atoms with Crippen molar-refractivity contribution in [2.24, 2.45) is 0 Å². The molecule has 0 saturated heterocycles. The third-order valence-corrected chi connectivity index (χ3v) is 3.91. The summed E-state index contributed by atoms with van der Waals surface area (Å²) < 4.78 is 10.8. The molecule has 112 valence electrons. The molecule has 4 nitrogen and oxygen atoms in total. The van der Waals surface area contributed by atoms with Gasteiger partial charge in [-0.3, -0.25) is 9.59 Å². The molecular weight excluding hydrogens is 280 g/mol. The van der Waals surface area contributed by atoms with Crippen LogP contribution in [0.4, 0.5) is 0 Å². The van der Waals surface area contributed by atoms with Crippen LogP contribution < -0.4 is 4.74 Å². The van der Waals surface area contributed by atoms with Gasteiger partial charge in [-0.1, -0.05) is 36.4 Å². The van der Waals surface area contributed by atoms with E-state index in [2.05, 4.69) is 0 Å². The third-order valence-electron chi connectivity index (χ3n) is 3.91. The maximum Gasteiger partial charge on any atom is 0.219 e. The van der Waals surface area contributed by atoms with E-state index in [9.17, 15) is 9.59 Å². The Labute approximate surface area is 128 Å². The minimum atomic E-state index is -1.58. The van der Waals surface area contributed by atoms with Crippen molar-refractivity contribution in [3.63, 3.8) is 0 Å². The zero-order valence-corrected chi connectivity index (χ0v) is 12.5. The van der Waals surface area contributed by atoms with Crippen LogP contribution in [0.2, 0.25) is 0 Å². The van der Waals surface area contributed by atoms with Crippen molar-refractivity contribution in [3.8, 4) is 5.75 Å². The average molecular weight is 296 g/mol. The Bertz CT molecular complexity index is 696. The molecular formula is C18H16O4. The zero-order valence-electron chi connectivity index (χ0n) is 12.5. The Kier molecular flexibility index (Phi) is 3.54. The molecule has 0 heterocycles. The molecule has 22 heavy (non-hydrogen) atoms. The number of ketones is 2. The van der Waals surface area contributed by atoms with Gasteiger partial charge in [-0.25, -0.2) is 0 Å². The first-order chi connectivity index (χ1) is 10.6. The predicted octanol–water partition coefficient (Wildman–Crippen LogP) is 3.01. The molecule has 0 aliphatic heterocycles. The van der Waals surface area contributed by atoms with Gasteiger partial charge in [0.1, 0.15) is 5.75 Å². The fourth-order valence-electron chi connectivity index (χ4n) is 2.88. The molecule has 0 spiro atoms. The normalized spacial score (nSPS) is 15.7. The Balaban J connectivity index is 2.18. The van der Waals surface area contributed by atoms with Gasteiger partial charge in [-0.15, -0.1) is 0 Å². The summed E-state index contributed by atoms with van der Waals surface area (Å²) >= 11 is 0. The Morgan fingerprint density at radius 3 is 1.91 bits per heavy atom. The lowest BCUT2D eigenvalue weighted by molar-refractivity contribution is -0.00787. The quantitative estimate of drug-likeness (QED) is 0.814. The number of Topliss-reactive ketones (excluding diaryl/α,β-unsaturated/α-hetero) is 2. The van der Waals surface area contributed by atoms with Gasteiger partial charge in [0.05, 0.1) is 7.11 Å². The molecule has 1 aliphatic carbocycles. The van der Waals surface area contributed by atoms with Crippen molar-refractivity contribution < 1.29 is 19.1 Å². The minimum absolute atomic E-state index is 0.261. The molecule has 0 N–H and O–H groups in total. The number of hydrogen-bond acceptors (Lipinski definition) is 4. The van der Waals surface area contributed by atoms with Crippen molar-refractivity contribution in [1.82, 2.24) is 0 Å². The monoisotopic (exact) mass is 296 g/mol. The molecule has 0 radical (unpaired) electrons. The van der Waals surface area contributed by atoms with E-state index >= 15 is 0 Å². The van der Waals surface area contributed by atoms with Crippen molar-refractivity contribution in [2.75, 3.05) is 13.7 Å². The van der Waals surface area contributed by atoms with Crippen LogP contribution in [0.3, 0.4) is 0 Å². The maximum atomic E-state index is 12.9. The second-order valence-corrected chi connectivity index (χ2v) is 5.05. The first-order valence-corrected chi connectivity index (χ1v) is 7.12. The van der Waals surface area contributed by atoms with Gasteiger partial charge in [-0.2, -0.15) is 0 Å². The largest absolute Gasteiger partial charge is 0.497 e. The molecule has 0 amide bonds. The first kappa shape index (κ1) is 14.5. The van der Waals surface area contributed by atoms with E-state index in [4.69, 9.17) is 9.47 Å². The summed E-state index contributed by atoms with van der Waals surface area (Å²) in [5.41, 5.74) is -0.222. The second-order valence-electron chi connectivity index (χ2n) is 5.05. The van der Waals surface area contributed by atoms with Crippen molar-refractivity contribution in [1.29, 1.82) is 0 Å². The Hall–Kier alpha value is -2.46. The smallest absolute Gasteiger partial charge is 0.219 e. The molecule has 2 aromatic carbocycles. The van der Waals surface area contributed by atoms with Gasteiger partial charge in [-0.05, 0) is 24.6 Å². The molecule has 0 aromatic heterocycles. The number of benzene rings is 2. The van der Waals surface area contributed by atoms with Crippen LogP contribution in [0.1, 0.15) is 33.2 Å². The molecule has 2 aromatic rings. The third kappa shape index (κ3) is 1.88. The van der Waals surface area contributed by atoms with Crippen LogP contribution in [0.25, 0.3) is 0 Å². The van der Waals surface area contributed by atoms with Crippen molar-refractivity contribution in [3.05, 3.63) is 65.2 Å². The summed E-state index contributed by atoms with van der Waals surface area (Å²) in [5.74, 6) is 0.0473. The number of fused-ring (bicyclic) bond motifs is 1. The Morgan fingerprint density at radius 2 is 1.45 bits per heavy atom. The minimum Gasteiger partial charge on any atom is -0.497 e. The summed E-state index contributed by atoms with van der Waals surface area (Å²) in [5, 5.41) is 0. The SMILES string of the molecule is CCOC1(c2ccc(OC)cc2)C(=O)c2ccccc2C1=O. The van der Waals surface area contributed by atoms with E-state index < -0.39 is 5.60 Å². The zero-order chi connectivity index (χ0) is 15.7. The van der Waals surface area contributed by atoms with E-state index in [1.807, 2.05) is 0 Å². The lowest BCUT2D eigenvalue weighted by Gasteiger charge is -2.26. The molecule has 3 rings (SSSR count). The molecule has 0 fully saturated rings. The summed E-state index contributed by atoms with van der Waals surface area (Å²) in [6.07, 6.45) is 0. The van der Waals surface area contributed by atoms with E-state index in [1.54, 1.807) is 62.6 Å². The number of ether oxygens (including phenoxy) is 2. The fourth-order valence-corrected chi connectivity index (χ4v) is 2.88. The maximum absolute atomic E-state index is 12.9. The van der Waals surface area contributed by atoms with E-state index in [1.165, 1.54) is 0 Å². The van der Waals surface area contributed by atoms with Gasteiger partial charge in [0.25, 0.3) is 0 Å². The number of carbonyl (C=O) groups excluding carboxylic acids is 2. The lowest BCUT2D eigenvalue weighted by atomic mass is 9.88. The van der Waals surface area contributed by atoms with E-state index in [-0.39, 0.29) is 18.2 Å². The highest BCUT2D eigenvalue weighted by Crippen LogP contribution is 2.41. The molecule has 0 saturated carbocycles. The second kappa shape index (κ2) is 5.39. The summed E-state index contributed by atoms with van der Waals surface area (Å²) in [7, 11) is 1.56. The van der Waals surface area contributed by atoms with Crippen molar-refractivity contribution >= 4 is 11.6 Å². The topological polar surface area (TPSA) is 52.6 Å². The highest BCUT2D eigenvalue weighted by atomic mass is 16.5. The number of rotatable bonds is 4. The molecule has 4 heteroatoms. The van der Waals surface area contributed by atoms with Crippen LogP contribution in [-0.4, -0.2) is 25.3 Å². The van der Waals surface area contributed by atoms with Crippen LogP contribution in [0.15, 0.2) is 48.5 Å². The molecule has 0 bridgehead atoms. The van der Waals surface area contributed by atoms with Gasteiger partial charge < -0.3 is 9.47 Å². The fraction of sp³-hybridized carbons (Fsp3) is 0.222. The highest BCUT2D eigenvalue weighted by molar-refractivity contribution is 6.32. The first-order valence-electron chi connectivity index (χ1n) is 7.12. The van der Waals surface area contributed by atoms with E-state index in [0.29, 0.717) is 22.4 Å². The summed E-state index contributed by atoms with van der Waals surface area (Å²) in [6.45, 7) is 2.03. The van der Waals surface area contributed by atoms with Gasteiger partial charge in [0.2, 0.25) is 17.2 Å². The van der Waals surface area contributed by atoms with Gasteiger partial charge in [0, 0.05) is 17.7 Å². The van der Waals surface area contributed by atoms with Gasteiger partial charge >= 0.3 is 0 Å². The van der Waals surface area contributed by atoms with Crippen LogP contribution in [0.5, 0.6) is 5.75 Å². The van der Waals surface area contributed by atoms with Crippen molar-refractivity contribution in [2.45, 2.75) is 12.5 Å². The average Bonchev–Trinajstić information content (AvgIpc) is 2.78. The van der Waals surface area contributed by atoms with Crippen LogP contribution in [0, 0.1) is 0 Å². The molecule has 0 unspecified atom stereocenters. The number of carbonyl (C=O) groups is 2. The Morgan fingerprint density at radius 1 is 0.909 bits per heavy atom. The summed E-state index contributed by atoms with van der Waals surface area (Å²) in [6, 6.07) is 13.7. The molecule has 1 aliphatic rings. The van der Waals surface area contributed by atoms with Crippen LogP contribution in [-0.2, 0) is 10.3 Å². The summed E-state index contributed by atoms with van der Waals surface area (Å²) in [4.78, 5) is 25.8. The number of methoxy groups -OCH3 is 1. The standard InChI is InChI=1S/C18H16O4/c1-3-22-18(12-8-10-13(21-2)11-9-12)16(19)14-6-4-5-7-15(14)17(18)20/h4-11H,3H2,1-2H3. The van der Waals surface area contributed by atoms with Gasteiger partial charge in [0.15, 0.2) is 0 Å². The lowest BCUT2D eigenvalue weighted by Crippen LogP contribution is -2.41. The van der Waals surface area contributed by atoms with Crippen LogP contribution >= 0.6 is 0 Å². The van der Waals surface area contributed by atoms with E-state index in [0.717, 1.165) is 0 Å². The predicted molar refractivity (Wildman–Crippen MR) is 81.4 cm³/mol.